The molecule has 1 fully saturated rings. The average Bonchev–Trinajstić information content (AvgIpc) is 2.58. The molecular weight excluding hydrogens is 322 g/mol. The van der Waals surface area contributed by atoms with Crippen molar-refractivity contribution in [3.63, 3.8) is 0 Å². The SMILES string of the molecule is CCNC(=NCCc1c(F)cccc1F)NC1CCN(C(C)C)CC1. The van der Waals surface area contributed by atoms with Crippen LogP contribution in [0.3, 0.4) is 0 Å². The van der Waals surface area contributed by atoms with Gasteiger partial charge in [0.05, 0.1) is 0 Å². The maximum atomic E-state index is 13.7. The van der Waals surface area contributed by atoms with E-state index in [1.54, 1.807) is 0 Å². The van der Waals surface area contributed by atoms with E-state index in [9.17, 15) is 8.78 Å². The summed E-state index contributed by atoms with van der Waals surface area (Å²) >= 11 is 0. The molecule has 4 nitrogen and oxygen atoms in total. The van der Waals surface area contributed by atoms with E-state index < -0.39 is 11.6 Å². The van der Waals surface area contributed by atoms with E-state index in [4.69, 9.17) is 0 Å². The highest BCUT2D eigenvalue weighted by atomic mass is 19.1. The molecule has 6 heteroatoms. The van der Waals surface area contributed by atoms with Crippen LogP contribution in [0.4, 0.5) is 8.78 Å². The molecule has 0 saturated carbocycles. The lowest BCUT2D eigenvalue weighted by atomic mass is 10.0. The number of piperidine rings is 1. The highest BCUT2D eigenvalue weighted by Crippen LogP contribution is 2.14. The zero-order valence-electron chi connectivity index (χ0n) is 15.5. The van der Waals surface area contributed by atoms with E-state index in [1.807, 2.05) is 6.92 Å². The van der Waals surface area contributed by atoms with E-state index in [2.05, 4.69) is 34.4 Å². The maximum Gasteiger partial charge on any atom is 0.191 e. The average molecular weight is 352 g/mol. The molecule has 0 amide bonds. The largest absolute Gasteiger partial charge is 0.357 e. The molecule has 0 spiro atoms. The van der Waals surface area contributed by atoms with Crippen LogP contribution >= 0.6 is 0 Å². The van der Waals surface area contributed by atoms with Crippen LogP contribution in [0.1, 0.15) is 39.2 Å². The third kappa shape index (κ3) is 5.96. The molecule has 0 atom stereocenters. The van der Waals surface area contributed by atoms with Crippen molar-refractivity contribution >= 4 is 5.96 Å². The first kappa shape index (κ1) is 19.6. The predicted octanol–water partition coefficient (Wildman–Crippen LogP) is 2.94. The van der Waals surface area contributed by atoms with Crippen LogP contribution in [0.5, 0.6) is 0 Å². The van der Waals surface area contributed by atoms with Crippen LogP contribution < -0.4 is 10.6 Å². The summed E-state index contributed by atoms with van der Waals surface area (Å²) in [6, 6.07) is 4.92. The highest BCUT2D eigenvalue weighted by molar-refractivity contribution is 5.80. The molecule has 0 radical (unpaired) electrons. The van der Waals surface area contributed by atoms with E-state index in [0.717, 1.165) is 38.4 Å². The van der Waals surface area contributed by atoms with Gasteiger partial charge in [0.15, 0.2) is 5.96 Å². The fourth-order valence-electron chi connectivity index (χ4n) is 3.12. The van der Waals surface area contributed by atoms with Crippen LogP contribution in [-0.4, -0.2) is 49.1 Å². The van der Waals surface area contributed by atoms with E-state index in [1.165, 1.54) is 18.2 Å². The zero-order chi connectivity index (χ0) is 18.2. The number of halogens is 2. The molecule has 2 N–H and O–H groups in total. The quantitative estimate of drug-likeness (QED) is 0.611. The number of likely N-dealkylation sites (tertiary alicyclic amines) is 1. The van der Waals surface area contributed by atoms with Crippen LogP contribution in [-0.2, 0) is 6.42 Å². The van der Waals surface area contributed by atoms with E-state index in [-0.39, 0.29) is 12.0 Å². The van der Waals surface area contributed by atoms with Gasteiger partial charge in [-0.3, -0.25) is 4.99 Å². The topological polar surface area (TPSA) is 39.7 Å². The fourth-order valence-corrected chi connectivity index (χ4v) is 3.12. The Bertz CT molecular complexity index is 546. The number of nitrogens with zero attached hydrogens (tertiary/aromatic N) is 2. The first-order valence-electron chi connectivity index (χ1n) is 9.23. The monoisotopic (exact) mass is 352 g/mol. The highest BCUT2D eigenvalue weighted by Gasteiger charge is 2.21. The Labute approximate surface area is 149 Å². The van der Waals surface area contributed by atoms with Crippen molar-refractivity contribution in [2.45, 2.75) is 52.1 Å². The minimum absolute atomic E-state index is 0.104. The summed E-state index contributed by atoms with van der Waals surface area (Å²) in [6.07, 6.45) is 2.40. The standard InChI is InChI=1S/C19H30F2N4/c1-4-22-19(24-15-9-12-25(13-10-15)14(2)3)23-11-8-16-17(20)6-5-7-18(16)21/h5-7,14-15H,4,8-13H2,1-3H3,(H2,22,23,24). The molecule has 0 aromatic heterocycles. The lowest BCUT2D eigenvalue weighted by Gasteiger charge is -2.35. The minimum Gasteiger partial charge on any atom is -0.357 e. The Morgan fingerprint density at radius 1 is 1.24 bits per heavy atom. The van der Waals surface area contributed by atoms with Crippen molar-refractivity contribution in [2.24, 2.45) is 4.99 Å². The van der Waals surface area contributed by atoms with Crippen LogP contribution in [0.25, 0.3) is 0 Å². The van der Waals surface area contributed by atoms with Gasteiger partial charge in [-0.15, -0.1) is 0 Å². The van der Waals surface area contributed by atoms with Crippen molar-refractivity contribution < 1.29 is 8.78 Å². The second-order valence-corrected chi connectivity index (χ2v) is 6.76. The molecule has 0 bridgehead atoms. The smallest absolute Gasteiger partial charge is 0.191 e. The van der Waals surface area contributed by atoms with E-state index in [0.29, 0.717) is 18.6 Å². The Kier molecular flexibility index (Phi) is 7.62. The summed E-state index contributed by atoms with van der Waals surface area (Å²) in [6.45, 7) is 9.71. The normalized spacial score (nSPS) is 17.1. The van der Waals surface area contributed by atoms with Crippen LogP contribution in [0, 0.1) is 11.6 Å². The summed E-state index contributed by atoms with van der Waals surface area (Å²) in [5.41, 5.74) is 0.104. The molecule has 1 aromatic rings. The van der Waals surface area contributed by atoms with Crippen molar-refractivity contribution in [3.05, 3.63) is 35.4 Å². The van der Waals surface area contributed by atoms with Crippen LogP contribution in [0.2, 0.25) is 0 Å². The summed E-state index contributed by atoms with van der Waals surface area (Å²) in [5, 5.41) is 6.67. The van der Waals surface area contributed by atoms with Crippen molar-refractivity contribution in [3.8, 4) is 0 Å². The molecule has 1 aromatic carbocycles. The Morgan fingerprint density at radius 3 is 2.44 bits per heavy atom. The lowest BCUT2D eigenvalue weighted by molar-refractivity contribution is 0.167. The number of nitrogens with one attached hydrogen (secondary N) is 2. The molecule has 0 unspecified atom stereocenters. The van der Waals surface area contributed by atoms with Gasteiger partial charge in [-0.05, 0) is 52.2 Å². The predicted molar refractivity (Wildman–Crippen MR) is 98.9 cm³/mol. The van der Waals surface area contributed by atoms with Gasteiger partial charge in [0.2, 0.25) is 0 Å². The molecule has 1 saturated heterocycles. The summed E-state index contributed by atoms with van der Waals surface area (Å²) in [7, 11) is 0. The third-order valence-electron chi connectivity index (χ3n) is 4.64. The molecule has 1 aliphatic rings. The number of guanidine groups is 1. The Morgan fingerprint density at radius 2 is 1.88 bits per heavy atom. The Hall–Kier alpha value is -1.69. The number of hydrogen-bond donors (Lipinski definition) is 2. The second-order valence-electron chi connectivity index (χ2n) is 6.76. The van der Waals surface area contributed by atoms with Gasteiger partial charge < -0.3 is 15.5 Å². The van der Waals surface area contributed by atoms with Gasteiger partial charge >= 0.3 is 0 Å². The third-order valence-corrected chi connectivity index (χ3v) is 4.64. The maximum absolute atomic E-state index is 13.7. The second kappa shape index (κ2) is 9.70. The summed E-state index contributed by atoms with van der Waals surface area (Å²) in [4.78, 5) is 6.96. The molecule has 1 heterocycles. The molecule has 25 heavy (non-hydrogen) atoms. The number of aliphatic imine (C=N–C) groups is 1. The molecule has 1 aliphatic heterocycles. The summed E-state index contributed by atoms with van der Waals surface area (Å²) in [5.74, 6) is -0.286. The van der Waals surface area contributed by atoms with Gasteiger partial charge in [0, 0.05) is 43.8 Å². The first-order valence-corrected chi connectivity index (χ1v) is 9.23. The van der Waals surface area contributed by atoms with Gasteiger partial charge in [-0.25, -0.2) is 8.78 Å². The lowest BCUT2D eigenvalue weighted by Crippen LogP contribution is -2.49. The van der Waals surface area contributed by atoms with Crippen molar-refractivity contribution in [1.82, 2.24) is 15.5 Å². The fraction of sp³-hybridized carbons (Fsp3) is 0.632. The minimum atomic E-state index is -0.505. The van der Waals surface area contributed by atoms with Crippen molar-refractivity contribution in [2.75, 3.05) is 26.2 Å². The van der Waals surface area contributed by atoms with Gasteiger partial charge in [0.1, 0.15) is 11.6 Å². The number of rotatable bonds is 6. The first-order chi connectivity index (χ1) is 12.0. The number of benzene rings is 1. The van der Waals surface area contributed by atoms with Gasteiger partial charge in [-0.1, -0.05) is 6.07 Å². The van der Waals surface area contributed by atoms with Crippen molar-refractivity contribution in [1.29, 1.82) is 0 Å². The van der Waals surface area contributed by atoms with Crippen LogP contribution in [0.15, 0.2) is 23.2 Å². The molecule has 140 valence electrons. The van der Waals surface area contributed by atoms with Gasteiger partial charge in [-0.2, -0.15) is 0 Å². The molecular formula is C19H30F2N4. The Balaban J connectivity index is 1.88. The molecule has 2 rings (SSSR count). The summed E-state index contributed by atoms with van der Waals surface area (Å²) < 4.78 is 27.3. The van der Waals surface area contributed by atoms with Gasteiger partial charge in [0.25, 0.3) is 0 Å². The zero-order valence-corrected chi connectivity index (χ0v) is 15.5. The number of hydrogen-bond acceptors (Lipinski definition) is 2. The van der Waals surface area contributed by atoms with E-state index >= 15 is 0 Å². The molecule has 0 aliphatic carbocycles.